The normalized spacial score (nSPS) is 12.1. The van der Waals surface area contributed by atoms with E-state index in [4.69, 9.17) is 0 Å². The predicted octanol–water partition coefficient (Wildman–Crippen LogP) is 3.05. The number of nitro groups is 1. The van der Waals surface area contributed by atoms with Gasteiger partial charge in [-0.1, -0.05) is 18.2 Å². The molecule has 0 aromatic heterocycles. The van der Waals surface area contributed by atoms with Crippen LogP contribution in [0.2, 0.25) is 0 Å². The van der Waals surface area contributed by atoms with Crippen LogP contribution in [0.1, 0.15) is 28.4 Å². The van der Waals surface area contributed by atoms with Gasteiger partial charge in [-0.15, -0.1) is 0 Å². The third-order valence-electron chi connectivity index (χ3n) is 3.81. The van der Waals surface area contributed by atoms with Gasteiger partial charge in [0.15, 0.2) is 0 Å². The number of carbonyl (C=O) groups is 2. The van der Waals surface area contributed by atoms with E-state index >= 15 is 0 Å². The van der Waals surface area contributed by atoms with E-state index in [0.29, 0.717) is 5.56 Å². The first-order valence-electron chi connectivity index (χ1n) is 8.07. The van der Waals surface area contributed by atoms with Gasteiger partial charge < -0.3 is 10.6 Å². The average molecular weight is 395 g/mol. The van der Waals surface area contributed by atoms with Crippen molar-refractivity contribution >= 4 is 17.5 Å². The van der Waals surface area contributed by atoms with Crippen LogP contribution in [-0.4, -0.2) is 22.8 Å². The Bertz CT molecular complexity index is 882. The summed E-state index contributed by atoms with van der Waals surface area (Å²) in [5.74, 6) is -1.22. The second kappa shape index (κ2) is 8.51. The van der Waals surface area contributed by atoms with E-state index in [9.17, 15) is 32.9 Å². The van der Waals surface area contributed by atoms with E-state index < -0.39 is 34.5 Å². The molecule has 0 aliphatic heterocycles. The Morgan fingerprint density at radius 1 is 1.14 bits per heavy atom. The lowest BCUT2D eigenvalue weighted by Gasteiger charge is -2.14. The minimum atomic E-state index is -4.44. The summed E-state index contributed by atoms with van der Waals surface area (Å²) in [4.78, 5) is 34.3. The largest absolute Gasteiger partial charge is 0.416 e. The highest BCUT2D eigenvalue weighted by Crippen LogP contribution is 2.29. The van der Waals surface area contributed by atoms with Crippen LogP contribution in [-0.2, 0) is 17.5 Å². The van der Waals surface area contributed by atoms with E-state index in [1.807, 2.05) is 0 Å². The van der Waals surface area contributed by atoms with Gasteiger partial charge in [0.1, 0.15) is 6.04 Å². The Kier molecular flexibility index (Phi) is 6.34. The van der Waals surface area contributed by atoms with Crippen molar-refractivity contribution in [1.29, 1.82) is 0 Å². The molecule has 2 aromatic rings. The summed E-state index contributed by atoms with van der Waals surface area (Å²) in [6.07, 6.45) is -4.44. The van der Waals surface area contributed by atoms with Crippen molar-refractivity contribution in [2.75, 3.05) is 0 Å². The van der Waals surface area contributed by atoms with E-state index in [2.05, 4.69) is 10.6 Å². The van der Waals surface area contributed by atoms with E-state index in [0.717, 1.165) is 18.2 Å². The summed E-state index contributed by atoms with van der Waals surface area (Å²) >= 11 is 0. The van der Waals surface area contributed by atoms with Crippen LogP contribution in [0.25, 0.3) is 0 Å². The molecule has 148 valence electrons. The first-order valence-corrected chi connectivity index (χ1v) is 8.07. The monoisotopic (exact) mass is 395 g/mol. The van der Waals surface area contributed by atoms with E-state index in [1.165, 1.54) is 37.3 Å². The lowest BCUT2D eigenvalue weighted by molar-refractivity contribution is -0.384. The van der Waals surface area contributed by atoms with Gasteiger partial charge in [-0.25, -0.2) is 0 Å². The third-order valence-corrected chi connectivity index (χ3v) is 3.81. The Morgan fingerprint density at radius 3 is 2.36 bits per heavy atom. The summed E-state index contributed by atoms with van der Waals surface area (Å²) < 4.78 is 37.6. The highest BCUT2D eigenvalue weighted by molar-refractivity contribution is 5.97. The summed E-state index contributed by atoms with van der Waals surface area (Å²) in [6, 6.07) is 8.40. The highest BCUT2D eigenvalue weighted by Gasteiger charge is 2.29. The van der Waals surface area contributed by atoms with Gasteiger partial charge in [0.05, 0.1) is 10.5 Å². The quantitative estimate of drug-likeness (QED) is 0.580. The Labute approximate surface area is 157 Å². The van der Waals surface area contributed by atoms with Crippen LogP contribution in [0.5, 0.6) is 0 Å². The van der Waals surface area contributed by atoms with Crippen molar-refractivity contribution < 1.29 is 27.7 Å². The number of amides is 2. The topological polar surface area (TPSA) is 101 Å². The first-order chi connectivity index (χ1) is 13.1. The van der Waals surface area contributed by atoms with Gasteiger partial charge >= 0.3 is 6.18 Å². The number of rotatable bonds is 6. The van der Waals surface area contributed by atoms with Gasteiger partial charge in [0, 0.05) is 24.2 Å². The van der Waals surface area contributed by atoms with Crippen molar-refractivity contribution in [2.45, 2.75) is 25.7 Å². The maximum absolute atomic E-state index is 12.5. The molecule has 2 amide bonds. The van der Waals surface area contributed by atoms with Gasteiger partial charge in [-0.3, -0.25) is 19.7 Å². The lowest BCUT2D eigenvalue weighted by Crippen LogP contribution is -2.44. The average Bonchev–Trinajstić information content (AvgIpc) is 2.65. The minimum Gasteiger partial charge on any atom is -0.350 e. The number of non-ortho nitro benzene ring substituents is 1. The first kappa shape index (κ1) is 20.9. The summed E-state index contributed by atoms with van der Waals surface area (Å²) in [5, 5.41) is 15.7. The zero-order valence-corrected chi connectivity index (χ0v) is 14.6. The molecule has 1 atom stereocenters. The van der Waals surface area contributed by atoms with Crippen LogP contribution in [0.4, 0.5) is 18.9 Å². The number of carbonyl (C=O) groups excluding carboxylic acids is 2. The van der Waals surface area contributed by atoms with Gasteiger partial charge in [-0.05, 0) is 30.7 Å². The molecule has 10 heteroatoms. The molecule has 1 unspecified atom stereocenters. The molecule has 2 aromatic carbocycles. The van der Waals surface area contributed by atoms with Crippen LogP contribution in [0.15, 0.2) is 48.5 Å². The maximum Gasteiger partial charge on any atom is 0.416 e. The number of hydrogen-bond donors (Lipinski definition) is 2. The Hall–Kier alpha value is -3.43. The number of nitrogens with zero attached hydrogens (tertiary/aromatic N) is 1. The molecule has 0 aliphatic rings. The smallest absolute Gasteiger partial charge is 0.350 e. The summed E-state index contributed by atoms with van der Waals surface area (Å²) in [7, 11) is 0. The van der Waals surface area contributed by atoms with Crippen molar-refractivity contribution in [3.05, 3.63) is 75.3 Å². The molecule has 0 radical (unpaired) electrons. The lowest BCUT2D eigenvalue weighted by atomic mass is 10.1. The second-order valence-corrected chi connectivity index (χ2v) is 5.92. The molecular formula is C18H16F3N3O4. The third kappa shape index (κ3) is 5.53. The molecule has 0 spiro atoms. The van der Waals surface area contributed by atoms with Gasteiger partial charge in [-0.2, -0.15) is 13.2 Å². The van der Waals surface area contributed by atoms with Crippen molar-refractivity contribution in [3.63, 3.8) is 0 Å². The van der Waals surface area contributed by atoms with Crippen LogP contribution in [0.3, 0.4) is 0 Å². The standard InChI is InChI=1S/C18H16F3N3O4/c1-11(23-17(26)13-3-2-4-15(9-13)24(27)28)16(25)22-10-12-5-7-14(8-6-12)18(19,20)21/h2-9,11H,10H2,1H3,(H,22,25)(H,23,26). The SMILES string of the molecule is CC(NC(=O)c1cccc([N+](=O)[O-])c1)C(=O)NCc1ccc(C(F)(F)F)cc1. The molecule has 0 fully saturated rings. The zero-order valence-electron chi connectivity index (χ0n) is 14.6. The van der Waals surface area contributed by atoms with Crippen molar-refractivity contribution in [1.82, 2.24) is 10.6 Å². The van der Waals surface area contributed by atoms with Crippen molar-refractivity contribution in [2.24, 2.45) is 0 Å². The summed E-state index contributed by atoms with van der Waals surface area (Å²) in [6.45, 7) is 1.39. The predicted molar refractivity (Wildman–Crippen MR) is 93.3 cm³/mol. The fourth-order valence-electron chi connectivity index (χ4n) is 2.26. The highest BCUT2D eigenvalue weighted by atomic mass is 19.4. The minimum absolute atomic E-state index is 0.0199. The van der Waals surface area contributed by atoms with Crippen molar-refractivity contribution in [3.8, 4) is 0 Å². The molecule has 2 N–H and O–H groups in total. The molecule has 2 rings (SSSR count). The number of nitrogens with one attached hydrogen (secondary N) is 2. The Balaban J connectivity index is 1.91. The number of halogens is 3. The molecule has 0 heterocycles. The molecule has 7 nitrogen and oxygen atoms in total. The fourth-order valence-corrected chi connectivity index (χ4v) is 2.26. The molecule has 28 heavy (non-hydrogen) atoms. The zero-order chi connectivity index (χ0) is 20.9. The van der Waals surface area contributed by atoms with Crippen LogP contribution in [0, 0.1) is 10.1 Å². The van der Waals surface area contributed by atoms with Gasteiger partial charge in [0.25, 0.3) is 11.6 Å². The van der Waals surface area contributed by atoms with E-state index in [-0.39, 0.29) is 17.8 Å². The van der Waals surface area contributed by atoms with E-state index in [1.54, 1.807) is 0 Å². The Morgan fingerprint density at radius 2 is 1.79 bits per heavy atom. The second-order valence-electron chi connectivity index (χ2n) is 5.92. The number of alkyl halides is 3. The number of benzene rings is 2. The molecule has 0 aliphatic carbocycles. The molecule has 0 saturated carbocycles. The molecular weight excluding hydrogens is 379 g/mol. The number of nitro benzene ring substituents is 1. The van der Waals surface area contributed by atoms with Crippen LogP contribution < -0.4 is 10.6 Å². The fraction of sp³-hybridized carbons (Fsp3) is 0.222. The molecule has 0 saturated heterocycles. The maximum atomic E-state index is 12.5. The summed E-state index contributed by atoms with van der Waals surface area (Å²) in [5.41, 5.74) is -0.567. The number of hydrogen-bond acceptors (Lipinski definition) is 4. The molecule has 0 bridgehead atoms. The van der Waals surface area contributed by atoms with Gasteiger partial charge in [0.2, 0.25) is 5.91 Å². The van der Waals surface area contributed by atoms with Crippen LogP contribution >= 0.6 is 0 Å².